The van der Waals surface area contributed by atoms with Crippen molar-refractivity contribution in [2.45, 2.75) is 13.0 Å². The third kappa shape index (κ3) is 5.89. The first-order chi connectivity index (χ1) is 19.3. The van der Waals surface area contributed by atoms with Gasteiger partial charge in [0.2, 0.25) is 11.9 Å². The molecule has 11 heteroatoms. The number of ketones is 1. The Kier molecular flexibility index (Phi) is 7.65. The van der Waals surface area contributed by atoms with E-state index < -0.39 is 23.4 Å². The second kappa shape index (κ2) is 11.5. The minimum Gasteiger partial charge on any atom is -0.378 e. The van der Waals surface area contributed by atoms with E-state index >= 15 is 0 Å². The van der Waals surface area contributed by atoms with Crippen molar-refractivity contribution in [3.63, 3.8) is 0 Å². The van der Waals surface area contributed by atoms with Crippen LogP contribution >= 0.6 is 11.3 Å². The number of Topliss-reactive ketones (excluding diaryl/α,β-unsaturated/α-hetero) is 1. The lowest BCUT2D eigenvalue weighted by atomic mass is 10.1. The standard InChI is InChI=1S/C29H23F2N5O3S/c30-18-6-8-20(21(31)14-18)25-10-11-26(40-25)28(39)35-29-34-22-15-19(7-9-23(22)36(29)13-12-27(32)38)33-16-24(37)17-4-2-1-3-5-17/h1-11,14-15,33H,12-13,16H2,(H2,32,38)(H,34,35,39). The number of amides is 2. The van der Waals surface area contributed by atoms with Gasteiger partial charge in [0.15, 0.2) is 5.78 Å². The molecule has 0 aliphatic heterocycles. The molecule has 0 atom stereocenters. The van der Waals surface area contributed by atoms with Gasteiger partial charge >= 0.3 is 0 Å². The van der Waals surface area contributed by atoms with Crippen molar-refractivity contribution >= 4 is 51.6 Å². The molecule has 0 spiro atoms. The van der Waals surface area contributed by atoms with Crippen molar-refractivity contribution in [2.24, 2.45) is 5.73 Å². The fraction of sp³-hybridized carbons (Fsp3) is 0.103. The Hall–Kier alpha value is -4.90. The number of anilines is 2. The summed E-state index contributed by atoms with van der Waals surface area (Å²) in [5.74, 6) is -2.29. The average Bonchev–Trinajstić information content (AvgIpc) is 3.55. The van der Waals surface area contributed by atoms with Crippen LogP contribution in [0, 0.1) is 11.6 Å². The van der Waals surface area contributed by atoms with Crippen LogP contribution in [0.1, 0.15) is 26.5 Å². The molecule has 0 saturated heterocycles. The highest BCUT2D eigenvalue weighted by Crippen LogP contribution is 2.31. The topological polar surface area (TPSA) is 119 Å². The molecule has 0 radical (unpaired) electrons. The minimum absolute atomic E-state index is 0.0207. The van der Waals surface area contributed by atoms with Gasteiger partial charge in [-0.15, -0.1) is 11.3 Å². The largest absolute Gasteiger partial charge is 0.378 e. The number of aromatic nitrogens is 2. The second-order valence-electron chi connectivity index (χ2n) is 8.89. The number of fused-ring (bicyclic) bond motifs is 1. The number of hydrogen-bond acceptors (Lipinski definition) is 6. The molecule has 3 aromatic carbocycles. The predicted molar refractivity (Wildman–Crippen MR) is 150 cm³/mol. The van der Waals surface area contributed by atoms with E-state index in [1.54, 1.807) is 59.2 Å². The first kappa shape index (κ1) is 26.7. The molecule has 0 aliphatic carbocycles. The van der Waals surface area contributed by atoms with E-state index in [9.17, 15) is 23.2 Å². The van der Waals surface area contributed by atoms with Crippen LogP contribution in [0.4, 0.5) is 20.4 Å². The quantitative estimate of drug-likeness (QED) is 0.196. The summed E-state index contributed by atoms with van der Waals surface area (Å²) in [6.45, 7) is 0.258. The lowest BCUT2D eigenvalue weighted by Crippen LogP contribution is -2.18. The number of benzene rings is 3. The van der Waals surface area contributed by atoms with E-state index in [0.717, 1.165) is 23.5 Å². The van der Waals surface area contributed by atoms with Gasteiger partial charge in [-0.1, -0.05) is 30.3 Å². The average molecular weight is 560 g/mol. The molecule has 2 heterocycles. The molecule has 40 heavy (non-hydrogen) atoms. The SMILES string of the molecule is NC(=O)CCn1c(NC(=O)c2ccc(-c3ccc(F)cc3F)s2)nc2cc(NCC(=O)c3ccccc3)ccc21. The summed E-state index contributed by atoms with van der Waals surface area (Å²) >= 11 is 1.05. The monoisotopic (exact) mass is 559 g/mol. The number of primary amides is 1. The van der Waals surface area contributed by atoms with Crippen molar-refractivity contribution in [2.75, 3.05) is 17.2 Å². The first-order valence-electron chi connectivity index (χ1n) is 12.3. The molecular weight excluding hydrogens is 536 g/mol. The molecule has 2 amide bonds. The molecule has 0 fully saturated rings. The third-order valence-electron chi connectivity index (χ3n) is 6.13. The molecule has 0 unspecified atom stereocenters. The fourth-order valence-corrected chi connectivity index (χ4v) is 5.08. The number of imidazole rings is 1. The van der Waals surface area contributed by atoms with Crippen molar-refractivity contribution in [3.8, 4) is 10.4 Å². The zero-order chi connectivity index (χ0) is 28.2. The minimum atomic E-state index is -0.725. The first-order valence-corrected chi connectivity index (χ1v) is 13.1. The summed E-state index contributed by atoms with van der Waals surface area (Å²) in [6.07, 6.45) is 0.0207. The number of nitrogens with two attached hydrogens (primary N) is 1. The van der Waals surface area contributed by atoms with Gasteiger partial charge in [0.25, 0.3) is 5.91 Å². The van der Waals surface area contributed by atoms with E-state index in [1.165, 1.54) is 6.07 Å². The Balaban J connectivity index is 1.37. The maximum absolute atomic E-state index is 14.2. The van der Waals surface area contributed by atoms with Gasteiger partial charge in [-0.05, 0) is 42.5 Å². The Morgan fingerprint density at radius 2 is 1.75 bits per heavy atom. The summed E-state index contributed by atoms with van der Waals surface area (Å²) in [4.78, 5) is 42.4. The lowest BCUT2D eigenvalue weighted by molar-refractivity contribution is -0.118. The normalized spacial score (nSPS) is 10.9. The molecular formula is C29H23F2N5O3S. The van der Waals surface area contributed by atoms with E-state index in [4.69, 9.17) is 5.73 Å². The van der Waals surface area contributed by atoms with E-state index in [1.807, 2.05) is 6.07 Å². The van der Waals surface area contributed by atoms with Crippen molar-refractivity contribution in [3.05, 3.63) is 101 Å². The molecule has 5 rings (SSSR count). The Bertz CT molecular complexity index is 1730. The van der Waals surface area contributed by atoms with Crippen molar-refractivity contribution < 1.29 is 23.2 Å². The van der Waals surface area contributed by atoms with Gasteiger partial charge in [0.1, 0.15) is 11.6 Å². The summed E-state index contributed by atoms with van der Waals surface area (Å²) in [6, 6.07) is 20.6. The van der Waals surface area contributed by atoms with Crippen LogP contribution in [0.25, 0.3) is 21.5 Å². The Morgan fingerprint density at radius 3 is 2.50 bits per heavy atom. The van der Waals surface area contributed by atoms with Crippen LogP contribution in [0.5, 0.6) is 0 Å². The van der Waals surface area contributed by atoms with Crippen molar-refractivity contribution in [1.82, 2.24) is 9.55 Å². The number of nitrogens with zero attached hydrogens (tertiary/aromatic N) is 2. The van der Waals surface area contributed by atoms with Gasteiger partial charge < -0.3 is 15.6 Å². The van der Waals surface area contributed by atoms with E-state index in [0.29, 0.717) is 27.2 Å². The van der Waals surface area contributed by atoms with Gasteiger partial charge in [-0.3, -0.25) is 19.7 Å². The maximum Gasteiger partial charge on any atom is 0.268 e. The van der Waals surface area contributed by atoms with E-state index in [-0.39, 0.29) is 41.7 Å². The zero-order valence-electron chi connectivity index (χ0n) is 21.0. The number of thiophene rings is 1. The molecule has 202 valence electrons. The number of rotatable bonds is 10. The number of nitrogens with one attached hydrogen (secondary N) is 2. The molecule has 0 saturated carbocycles. The van der Waals surface area contributed by atoms with Crippen LogP contribution in [0.15, 0.2) is 78.9 Å². The Labute approximate surface area is 231 Å². The number of aryl methyl sites for hydroxylation is 1. The highest BCUT2D eigenvalue weighted by Gasteiger charge is 2.18. The molecule has 4 N–H and O–H groups in total. The second-order valence-corrected chi connectivity index (χ2v) is 9.98. The third-order valence-corrected chi connectivity index (χ3v) is 7.25. The summed E-state index contributed by atoms with van der Waals surface area (Å²) in [5, 5.41) is 5.86. The van der Waals surface area contributed by atoms with Crippen LogP contribution < -0.4 is 16.4 Å². The molecule has 0 bridgehead atoms. The number of carbonyl (C=O) groups excluding carboxylic acids is 3. The van der Waals surface area contributed by atoms with Crippen LogP contribution in [0.3, 0.4) is 0 Å². The van der Waals surface area contributed by atoms with Gasteiger partial charge in [-0.2, -0.15) is 0 Å². The fourth-order valence-electron chi connectivity index (χ4n) is 4.15. The summed E-state index contributed by atoms with van der Waals surface area (Å²) < 4.78 is 29.2. The van der Waals surface area contributed by atoms with Gasteiger partial charge in [0, 0.05) is 40.7 Å². The summed E-state index contributed by atoms with van der Waals surface area (Å²) in [7, 11) is 0. The molecule has 0 aliphatic rings. The molecule has 8 nitrogen and oxygen atoms in total. The van der Waals surface area contributed by atoms with Crippen LogP contribution in [-0.4, -0.2) is 33.7 Å². The number of hydrogen-bond donors (Lipinski definition) is 3. The van der Waals surface area contributed by atoms with Crippen LogP contribution in [0.2, 0.25) is 0 Å². The molecule has 2 aromatic heterocycles. The smallest absolute Gasteiger partial charge is 0.268 e. The van der Waals surface area contributed by atoms with Gasteiger partial charge in [0.05, 0.1) is 22.5 Å². The Morgan fingerprint density at radius 1 is 0.950 bits per heavy atom. The maximum atomic E-state index is 14.2. The zero-order valence-corrected chi connectivity index (χ0v) is 21.8. The van der Waals surface area contributed by atoms with Gasteiger partial charge in [-0.25, -0.2) is 13.8 Å². The highest BCUT2D eigenvalue weighted by atomic mass is 32.1. The van der Waals surface area contributed by atoms with Crippen molar-refractivity contribution in [1.29, 1.82) is 0 Å². The lowest BCUT2D eigenvalue weighted by Gasteiger charge is -2.09. The van der Waals surface area contributed by atoms with Crippen LogP contribution in [-0.2, 0) is 11.3 Å². The number of halogens is 2. The summed E-state index contributed by atoms with van der Waals surface area (Å²) in [5.41, 5.74) is 7.97. The highest BCUT2D eigenvalue weighted by molar-refractivity contribution is 7.17. The molecule has 5 aromatic rings. The number of carbonyl (C=O) groups is 3. The predicted octanol–water partition coefficient (Wildman–Crippen LogP) is 5.47. The van der Waals surface area contributed by atoms with E-state index in [2.05, 4.69) is 15.6 Å².